The first-order valence-corrected chi connectivity index (χ1v) is 6.91. The van der Waals surface area contributed by atoms with Crippen molar-refractivity contribution < 1.29 is 17.9 Å². The van der Waals surface area contributed by atoms with Crippen molar-refractivity contribution in [3.8, 4) is 0 Å². The zero-order valence-corrected chi connectivity index (χ0v) is 14.2. The molecule has 0 radical (unpaired) electrons. The molecule has 11 heteroatoms. The van der Waals surface area contributed by atoms with E-state index in [0.717, 1.165) is 12.1 Å². The predicted octanol–water partition coefficient (Wildman–Crippen LogP) is 4.03. The van der Waals surface area contributed by atoms with Crippen LogP contribution in [0, 0.1) is 16.2 Å². The normalized spacial score (nSPS) is 10.0. The minimum Gasteiger partial charge on any atom is -0.417 e. The van der Waals surface area contributed by atoms with Gasteiger partial charge in [0.25, 0.3) is 5.90 Å². The number of hydrogen-bond acceptors (Lipinski definition) is 7. The van der Waals surface area contributed by atoms with Crippen molar-refractivity contribution >= 4 is 29.0 Å². The second kappa shape index (κ2) is 9.31. The molecule has 0 aliphatic rings. The highest BCUT2D eigenvalue weighted by molar-refractivity contribution is 6.36. The van der Waals surface area contributed by atoms with E-state index in [1.54, 1.807) is 18.2 Å². The number of anilines is 2. The van der Waals surface area contributed by atoms with Crippen LogP contribution in [-0.2, 0) is 10.9 Å². The van der Waals surface area contributed by atoms with E-state index in [1.807, 2.05) is 0 Å². The first-order chi connectivity index (χ1) is 11.7. The maximum atomic E-state index is 12.6. The van der Waals surface area contributed by atoms with E-state index in [-0.39, 0.29) is 17.9 Å². The molecule has 0 atom stereocenters. The highest BCUT2D eigenvalue weighted by Crippen LogP contribution is 2.30. The SMILES string of the molecule is N.N.N=C(N)C(=N)OC(=N)c1ccccc1Nc1ccc(C(F)(F)F)cc1. The maximum Gasteiger partial charge on any atom is 0.416 e. The van der Waals surface area contributed by atoms with E-state index in [2.05, 4.69) is 5.32 Å². The van der Waals surface area contributed by atoms with Crippen molar-refractivity contribution in [2.24, 2.45) is 5.73 Å². The van der Waals surface area contributed by atoms with Crippen LogP contribution < -0.4 is 23.4 Å². The van der Waals surface area contributed by atoms with Crippen LogP contribution in [0.5, 0.6) is 0 Å². The molecule has 2 rings (SSSR count). The summed E-state index contributed by atoms with van der Waals surface area (Å²) in [7, 11) is 0. The lowest BCUT2D eigenvalue weighted by molar-refractivity contribution is -0.137. The van der Waals surface area contributed by atoms with Gasteiger partial charge in [0.2, 0.25) is 5.90 Å². The van der Waals surface area contributed by atoms with Crippen molar-refractivity contribution in [1.82, 2.24) is 12.3 Å². The number of benzene rings is 2. The molecule has 0 bridgehead atoms. The third kappa shape index (κ3) is 6.09. The van der Waals surface area contributed by atoms with Crippen molar-refractivity contribution in [3.05, 3.63) is 59.7 Å². The van der Waals surface area contributed by atoms with Crippen LogP contribution in [0.2, 0.25) is 0 Å². The predicted molar refractivity (Wildman–Crippen MR) is 98.8 cm³/mol. The van der Waals surface area contributed by atoms with Gasteiger partial charge in [-0.05, 0) is 36.4 Å². The third-order valence-electron chi connectivity index (χ3n) is 3.11. The van der Waals surface area contributed by atoms with Crippen LogP contribution in [0.1, 0.15) is 11.1 Å². The van der Waals surface area contributed by atoms with Gasteiger partial charge < -0.3 is 28.1 Å². The largest absolute Gasteiger partial charge is 0.417 e. The molecule has 2 aromatic carbocycles. The molecule has 146 valence electrons. The number of nitrogens with one attached hydrogen (secondary N) is 4. The summed E-state index contributed by atoms with van der Waals surface area (Å²) < 4.78 is 42.6. The molecule has 0 aliphatic carbocycles. The Hall–Kier alpha value is -3.44. The fraction of sp³-hybridized carbons (Fsp3) is 0.0625. The standard InChI is InChI=1S/C16H14F3N5O.2H3N/c17-16(18,19)9-5-7-10(8-6-9)24-12-4-2-1-3-11(12)14(22)25-15(23)13(20)21;;/h1-8,22-24H,(H3,20,21);2*1H3. The lowest BCUT2D eigenvalue weighted by Crippen LogP contribution is -2.26. The van der Waals surface area contributed by atoms with E-state index in [9.17, 15) is 13.2 Å². The van der Waals surface area contributed by atoms with E-state index in [4.69, 9.17) is 26.7 Å². The van der Waals surface area contributed by atoms with E-state index in [0.29, 0.717) is 11.4 Å². The fourth-order valence-electron chi connectivity index (χ4n) is 1.90. The fourth-order valence-corrected chi connectivity index (χ4v) is 1.90. The van der Waals surface area contributed by atoms with Crippen LogP contribution in [-0.4, -0.2) is 17.6 Å². The van der Waals surface area contributed by atoms with Crippen molar-refractivity contribution in [2.75, 3.05) is 5.32 Å². The Morgan fingerprint density at radius 1 is 0.926 bits per heavy atom. The zero-order chi connectivity index (χ0) is 18.6. The van der Waals surface area contributed by atoms with Gasteiger partial charge in [0.15, 0.2) is 5.84 Å². The van der Waals surface area contributed by atoms with E-state index in [1.165, 1.54) is 18.2 Å². The lowest BCUT2D eigenvalue weighted by Gasteiger charge is -2.14. The molecule has 0 aromatic heterocycles. The number of para-hydroxylation sites is 1. The highest BCUT2D eigenvalue weighted by Gasteiger charge is 2.29. The summed E-state index contributed by atoms with van der Waals surface area (Å²) in [5, 5.41) is 25.2. The summed E-state index contributed by atoms with van der Waals surface area (Å²) >= 11 is 0. The molecule has 12 N–H and O–H groups in total. The van der Waals surface area contributed by atoms with Crippen LogP contribution in [0.4, 0.5) is 24.5 Å². The van der Waals surface area contributed by atoms with Crippen molar-refractivity contribution in [1.29, 1.82) is 16.2 Å². The molecular weight excluding hydrogens is 363 g/mol. The highest BCUT2D eigenvalue weighted by atomic mass is 19.4. The van der Waals surface area contributed by atoms with Gasteiger partial charge in [-0.2, -0.15) is 13.2 Å². The van der Waals surface area contributed by atoms with Gasteiger partial charge in [-0.3, -0.25) is 16.2 Å². The lowest BCUT2D eigenvalue weighted by atomic mass is 10.1. The molecule has 0 heterocycles. The van der Waals surface area contributed by atoms with Gasteiger partial charge in [-0.15, -0.1) is 0 Å². The Balaban J connectivity index is 0.00000338. The quantitative estimate of drug-likeness (QED) is 0.310. The summed E-state index contributed by atoms with van der Waals surface area (Å²) in [5.74, 6) is -1.72. The molecule has 0 fully saturated rings. The number of alkyl halides is 3. The van der Waals surface area contributed by atoms with Crippen molar-refractivity contribution in [2.45, 2.75) is 6.18 Å². The molecule has 27 heavy (non-hydrogen) atoms. The van der Waals surface area contributed by atoms with E-state index < -0.39 is 29.4 Å². The maximum absolute atomic E-state index is 12.6. The Morgan fingerprint density at radius 3 is 2.00 bits per heavy atom. The van der Waals surface area contributed by atoms with E-state index >= 15 is 0 Å². The summed E-state index contributed by atoms with van der Waals surface area (Å²) in [6, 6.07) is 10.8. The Morgan fingerprint density at radius 2 is 1.48 bits per heavy atom. The van der Waals surface area contributed by atoms with Crippen LogP contribution in [0.25, 0.3) is 0 Å². The number of rotatable bonds is 3. The van der Waals surface area contributed by atoms with Gasteiger partial charge in [0.05, 0.1) is 16.8 Å². The van der Waals surface area contributed by atoms with Gasteiger partial charge in [0, 0.05) is 5.69 Å². The summed E-state index contributed by atoms with van der Waals surface area (Å²) in [5.41, 5.74) is 5.37. The summed E-state index contributed by atoms with van der Waals surface area (Å²) in [6.45, 7) is 0. The number of ether oxygens (including phenoxy) is 1. The number of halogens is 3. The average molecular weight is 383 g/mol. The monoisotopic (exact) mass is 383 g/mol. The minimum atomic E-state index is -4.42. The second-order valence-electron chi connectivity index (χ2n) is 4.92. The first-order valence-electron chi connectivity index (χ1n) is 6.91. The Bertz CT molecular complexity index is 820. The van der Waals surface area contributed by atoms with Gasteiger partial charge in [-0.25, -0.2) is 0 Å². The number of amidine groups is 1. The molecule has 8 nitrogen and oxygen atoms in total. The molecule has 0 unspecified atom stereocenters. The number of nitrogens with two attached hydrogens (primary N) is 1. The van der Waals surface area contributed by atoms with Crippen LogP contribution >= 0.6 is 0 Å². The summed E-state index contributed by atoms with van der Waals surface area (Å²) in [6.07, 6.45) is -4.42. The molecular formula is C16H20F3N7O. The van der Waals surface area contributed by atoms with Gasteiger partial charge in [-0.1, -0.05) is 12.1 Å². The number of hydrogen-bond donors (Lipinski definition) is 7. The Labute approximate surface area is 153 Å². The van der Waals surface area contributed by atoms with Gasteiger partial charge in [0.1, 0.15) is 0 Å². The van der Waals surface area contributed by atoms with Crippen LogP contribution in [0.15, 0.2) is 48.5 Å². The molecule has 2 aromatic rings. The second-order valence-corrected chi connectivity index (χ2v) is 4.92. The molecule has 0 saturated carbocycles. The minimum absolute atomic E-state index is 0. The molecule has 0 amide bonds. The summed E-state index contributed by atoms with van der Waals surface area (Å²) in [4.78, 5) is 0. The molecule has 0 saturated heterocycles. The van der Waals surface area contributed by atoms with Gasteiger partial charge >= 0.3 is 6.18 Å². The first kappa shape index (κ1) is 23.6. The average Bonchev–Trinajstić information content (AvgIpc) is 2.54. The van der Waals surface area contributed by atoms with Crippen LogP contribution in [0.3, 0.4) is 0 Å². The zero-order valence-electron chi connectivity index (χ0n) is 14.2. The van der Waals surface area contributed by atoms with Crippen molar-refractivity contribution in [3.63, 3.8) is 0 Å². The molecule has 0 spiro atoms. The molecule has 0 aliphatic heterocycles. The smallest absolute Gasteiger partial charge is 0.416 e. The topological polar surface area (TPSA) is 189 Å². The Kier molecular flexibility index (Phi) is 8.12. The third-order valence-corrected chi connectivity index (χ3v) is 3.11.